The molecule has 0 spiro atoms. The zero-order chi connectivity index (χ0) is 22.4. The molecule has 0 fully saturated rings. The maximum Gasteiger partial charge on any atom is 0.262 e. The van der Waals surface area contributed by atoms with Gasteiger partial charge in [-0.1, -0.05) is 13.8 Å². The van der Waals surface area contributed by atoms with Crippen molar-refractivity contribution < 1.29 is 19.4 Å². The summed E-state index contributed by atoms with van der Waals surface area (Å²) >= 11 is 0. The Bertz CT molecular complexity index is 972. The third kappa shape index (κ3) is 5.15. The van der Waals surface area contributed by atoms with Gasteiger partial charge in [0.2, 0.25) is 5.75 Å². The Morgan fingerprint density at radius 1 is 1.23 bits per heavy atom. The van der Waals surface area contributed by atoms with E-state index in [0.717, 1.165) is 23.5 Å². The summed E-state index contributed by atoms with van der Waals surface area (Å²) in [6.07, 6.45) is 1.62. The predicted octanol–water partition coefficient (Wildman–Crippen LogP) is 3.71. The number of methoxy groups -OCH3 is 2. The number of hydrogen-bond acceptors (Lipinski definition) is 5. The molecule has 0 aliphatic carbocycles. The van der Waals surface area contributed by atoms with Gasteiger partial charge in [-0.25, -0.2) is 0 Å². The Morgan fingerprint density at radius 3 is 2.33 bits per heavy atom. The molecule has 0 radical (unpaired) electrons. The van der Waals surface area contributed by atoms with E-state index in [4.69, 9.17) is 9.47 Å². The first-order chi connectivity index (χ1) is 14.2. The van der Waals surface area contributed by atoms with Gasteiger partial charge in [0.05, 0.1) is 14.2 Å². The second-order valence-electron chi connectivity index (χ2n) is 7.53. The summed E-state index contributed by atoms with van der Waals surface area (Å²) in [6, 6.07) is 7.18. The summed E-state index contributed by atoms with van der Waals surface area (Å²) in [5.74, 6) is 0.394. The molecule has 0 saturated carbocycles. The number of amides is 1. The molecule has 0 saturated heterocycles. The van der Waals surface area contributed by atoms with Crippen LogP contribution >= 0.6 is 0 Å². The molecule has 0 aliphatic rings. The topological polar surface area (TPSA) is 96.5 Å². The van der Waals surface area contributed by atoms with E-state index in [9.17, 15) is 15.2 Å². The number of aryl methyl sites for hydroxylation is 1. The highest BCUT2D eigenvalue weighted by Crippen LogP contribution is 2.37. The number of nitrogens with zero attached hydrogens (tertiary/aromatic N) is 2. The number of carbonyl (C=O) groups is 1. The number of aromatic nitrogens is 1. The molecule has 1 amide bonds. The number of nitrogens with one attached hydrogen (secondary N) is 1. The molecule has 7 heteroatoms. The average Bonchev–Trinajstić information content (AvgIpc) is 2.97. The summed E-state index contributed by atoms with van der Waals surface area (Å²) < 4.78 is 12.4. The summed E-state index contributed by atoms with van der Waals surface area (Å²) in [4.78, 5) is 12.6. The average molecular weight is 412 g/mol. The van der Waals surface area contributed by atoms with E-state index < -0.39 is 5.91 Å². The third-order valence-corrected chi connectivity index (χ3v) is 4.82. The highest BCUT2D eigenvalue weighted by atomic mass is 16.5. The van der Waals surface area contributed by atoms with Crippen molar-refractivity contribution in [3.05, 3.63) is 46.3 Å². The standard InChI is InChI=1S/C23H29N3O4/c1-14(2)13-26-15(3)7-18(16(26)4)10-19(11-24)23(28)25-12-17-8-20(29-5)22(27)21(9-17)30-6/h7-10,14,27H,12-13H2,1-6H3,(H,25,28)/b19-10+. The molecule has 0 atom stereocenters. The van der Waals surface area contributed by atoms with Crippen LogP contribution in [0.5, 0.6) is 17.2 Å². The van der Waals surface area contributed by atoms with Crippen LogP contribution in [-0.4, -0.2) is 29.8 Å². The molecule has 1 aromatic heterocycles. The van der Waals surface area contributed by atoms with Gasteiger partial charge in [-0.2, -0.15) is 5.26 Å². The van der Waals surface area contributed by atoms with Gasteiger partial charge in [0, 0.05) is 24.5 Å². The fourth-order valence-corrected chi connectivity index (χ4v) is 3.25. The lowest BCUT2D eigenvalue weighted by molar-refractivity contribution is -0.117. The van der Waals surface area contributed by atoms with Gasteiger partial charge in [-0.3, -0.25) is 4.79 Å². The van der Waals surface area contributed by atoms with Gasteiger partial charge in [0.15, 0.2) is 11.5 Å². The maximum atomic E-state index is 12.6. The molecule has 7 nitrogen and oxygen atoms in total. The molecule has 2 N–H and O–H groups in total. The second kappa shape index (κ2) is 9.88. The number of benzene rings is 1. The Labute approximate surface area is 177 Å². The van der Waals surface area contributed by atoms with Crippen LogP contribution in [0.1, 0.15) is 36.4 Å². The number of hydrogen-bond donors (Lipinski definition) is 2. The second-order valence-corrected chi connectivity index (χ2v) is 7.53. The van der Waals surface area contributed by atoms with Crippen LogP contribution in [0.25, 0.3) is 6.08 Å². The first kappa shape index (κ1) is 22.9. The van der Waals surface area contributed by atoms with Crippen LogP contribution in [0.4, 0.5) is 0 Å². The zero-order valence-electron chi connectivity index (χ0n) is 18.4. The summed E-state index contributed by atoms with van der Waals surface area (Å²) in [7, 11) is 2.87. The number of carbonyl (C=O) groups excluding carboxylic acids is 1. The van der Waals surface area contributed by atoms with Gasteiger partial charge in [0.25, 0.3) is 5.91 Å². The molecule has 160 valence electrons. The van der Waals surface area contributed by atoms with Crippen molar-refractivity contribution in [3.63, 3.8) is 0 Å². The van der Waals surface area contributed by atoms with Crippen LogP contribution in [0.3, 0.4) is 0 Å². The van der Waals surface area contributed by atoms with E-state index >= 15 is 0 Å². The molecule has 0 unspecified atom stereocenters. The number of ether oxygens (including phenoxy) is 2. The number of phenolic OH excluding ortho intramolecular Hbond substituents is 1. The minimum Gasteiger partial charge on any atom is -0.502 e. The van der Waals surface area contributed by atoms with Crippen LogP contribution in [0.2, 0.25) is 0 Å². The van der Waals surface area contributed by atoms with Crippen LogP contribution in [0.15, 0.2) is 23.8 Å². The molecule has 0 aliphatic heterocycles. The van der Waals surface area contributed by atoms with Crippen molar-refractivity contribution in [1.29, 1.82) is 5.26 Å². The molecule has 1 aromatic carbocycles. The quantitative estimate of drug-likeness (QED) is 0.510. The SMILES string of the molecule is COc1cc(CNC(=O)/C(C#N)=C/c2cc(C)n(CC(C)C)c2C)cc(OC)c1O. The van der Waals surface area contributed by atoms with E-state index in [-0.39, 0.29) is 29.4 Å². The van der Waals surface area contributed by atoms with Crippen molar-refractivity contribution >= 4 is 12.0 Å². The molecule has 1 heterocycles. The summed E-state index contributed by atoms with van der Waals surface area (Å²) in [5, 5.41) is 22.2. The molecule has 0 bridgehead atoms. The van der Waals surface area contributed by atoms with E-state index in [1.807, 2.05) is 26.0 Å². The van der Waals surface area contributed by atoms with Crippen molar-refractivity contribution in [2.24, 2.45) is 5.92 Å². The van der Waals surface area contributed by atoms with Crippen molar-refractivity contribution in [1.82, 2.24) is 9.88 Å². The van der Waals surface area contributed by atoms with E-state index in [2.05, 4.69) is 23.7 Å². The highest BCUT2D eigenvalue weighted by molar-refractivity contribution is 6.01. The summed E-state index contributed by atoms with van der Waals surface area (Å²) in [5.41, 5.74) is 3.66. The number of nitriles is 1. The Hall–Kier alpha value is -3.40. The van der Waals surface area contributed by atoms with Crippen LogP contribution in [0, 0.1) is 31.1 Å². The monoisotopic (exact) mass is 411 g/mol. The largest absolute Gasteiger partial charge is 0.502 e. The normalized spacial score (nSPS) is 11.3. The molecular formula is C23H29N3O4. The van der Waals surface area contributed by atoms with Gasteiger partial charge in [0.1, 0.15) is 11.6 Å². The number of aromatic hydroxyl groups is 1. The smallest absolute Gasteiger partial charge is 0.262 e. The van der Waals surface area contributed by atoms with Crippen molar-refractivity contribution in [2.45, 2.75) is 40.8 Å². The fraction of sp³-hybridized carbons (Fsp3) is 0.391. The molecule has 2 rings (SSSR count). The minimum atomic E-state index is -0.475. The summed E-state index contributed by atoms with van der Waals surface area (Å²) in [6.45, 7) is 9.33. The van der Waals surface area contributed by atoms with Gasteiger partial charge < -0.3 is 24.5 Å². The van der Waals surface area contributed by atoms with E-state index in [0.29, 0.717) is 11.5 Å². The Morgan fingerprint density at radius 2 is 1.83 bits per heavy atom. The minimum absolute atomic E-state index is 0.0255. The molecule has 2 aromatic rings. The Balaban J connectivity index is 2.21. The predicted molar refractivity (Wildman–Crippen MR) is 115 cm³/mol. The fourth-order valence-electron chi connectivity index (χ4n) is 3.25. The molecule has 30 heavy (non-hydrogen) atoms. The maximum absolute atomic E-state index is 12.6. The first-order valence-electron chi connectivity index (χ1n) is 9.72. The van der Waals surface area contributed by atoms with Crippen molar-refractivity contribution in [3.8, 4) is 23.3 Å². The highest BCUT2D eigenvalue weighted by Gasteiger charge is 2.15. The van der Waals surface area contributed by atoms with Crippen molar-refractivity contribution in [2.75, 3.05) is 14.2 Å². The van der Waals surface area contributed by atoms with Gasteiger partial charge in [-0.15, -0.1) is 0 Å². The third-order valence-electron chi connectivity index (χ3n) is 4.82. The van der Waals surface area contributed by atoms with Crippen LogP contribution in [-0.2, 0) is 17.9 Å². The van der Waals surface area contributed by atoms with E-state index in [1.165, 1.54) is 14.2 Å². The van der Waals surface area contributed by atoms with Crippen LogP contribution < -0.4 is 14.8 Å². The Kier molecular flexibility index (Phi) is 7.54. The number of phenols is 1. The lowest BCUT2D eigenvalue weighted by atomic mass is 10.1. The van der Waals surface area contributed by atoms with Gasteiger partial charge in [-0.05, 0) is 55.2 Å². The lowest BCUT2D eigenvalue weighted by Crippen LogP contribution is -2.24. The lowest BCUT2D eigenvalue weighted by Gasteiger charge is -2.12. The number of rotatable bonds is 8. The first-order valence-corrected chi connectivity index (χ1v) is 9.72. The van der Waals surface area contributed by atoms with Gasteiger partial charge >= 0.3 is 0 Å². The van der Waals surface area contributed by atoms with E-state index in [1.54, 1.807) is 18.2 Å². The zero-order valence-corrected chi connectivity index (χ0v) is 18.4. The molecular weight excluding hydrogens is 382 g/mol.